The number of hydrogen-bond donors (Lipinski definition) is 0. The van der Waals surface area contributed by atoms with Crippen LogP contribution in [0, 0.1) is 0 Å². The molecule has 0 fully saturated rings. The minimum Gasteiger partial charge on any atom is -0.309 e. The Morgan fingerprint density at radius 2 is 2.00 bits per heavy atom. The van der Waals surface area contributed by atoms with Gasteiger partial charge in [-0.2, -0.15) is 0 Å². The summed E-state index contributed by atoms with van der Waals surface area (Å²) in [6.07, 6.45) is 5.00. The van der Waals surface area contributed by atoms with Crippen LogP contribution in [0.2, 0.25) is 0 Å². The Morgan fingerprint density at radius 3 is 2.72 bits per heavy atom. The molecule has 1 aromatic carbocycles. The van der Waals surface area contributed by atoms with Gasteiger partial charge in [0.05, 0.1) is 0 Å². The zero-order valence-corrected chi connectivity index (χ0v) is 11.5. The number of hydrogen-bond acceptors (Lipinski definition) is 3. The molecule has 0 radical (unpaired) electrons. The molecule has 0 N–H and O–H groups in total. The van der Waals surface area contributed by atoms with E-state index in [9.17, 15) is 0 Å². The first kappa shape index (κ1) is 12.9. The number of thioether (sulfide) groups is 1. The second-order valence-corrected chi connectivity index (χ2v) is 4.99. The largest absolute Gasteiger partial charge is 0.309 e. The Hall–Kier alpha value is -1.55. The minimum absolute atomic E-state index is 0.828. The van der Waals surface area contributed by atoms with Gasteiger partial charge in [-0.25, -0.2) is 0 Å². The van der Waals surface area contributed by atoms with Crippen LogP contribution in [-0.2, 0) is 13.5 Å². The fourth-order valence-corrected chi connectivity index (χ4v) is 2.46. The molecule has 0 bridgehead atoms. The predicted molar refractivity (Wildman–Crippen MR) is 75.8 cm³/mol. The van der Waals surface area contributed by atoms with Crippen molar-refractivity contribution in [1.29, 1.82) is 0 Å². The Morgan fingerprint density at radius 1 is 1.22 bits per heavy atom. The summed E-state index contributed by atoms with van der Waals surface area (Å²) in [6, 6.07) is 10.3. The summed E-state index contributed by atoms with van der Waals surface area (Å²) < 4.78 is 2.07. The van der Waals surface area contributed by atoms with Crippen molar-refractivity contribution >= 4 is 11.8 Å². The second kappa shape index (κ2) is 6.40. The van der Waals surface area contributed by atoms with Crippen LogP contribution in [0.4, 0.5) is 0 Å². The molecule has 0 aliphatic carbocycles. The van der Waals surface area contributed by atoms with Gasteiger partial charge in [-0.3, -0.25) is 0 Å². The van der Waals surface area contributed by atoms with Crippen molar-refractivity contribution in [2.24, 2.45) is 7.05 Å². The third-order valence-electron chi connectivity index (χ3n) is 2.67. The lowest BCUT2D eigenvalue weighted by Gasteiger charge is -2.02. The number of rotatable bonds is 5. The minimum atomic E-state index is 0.828. The summed E-state index contributed by atoms with van der Waals surface area (Å²) in [4.78, 5) is 0. The Balaban J connectivity index is 2.06. The topological polar surface area (TPSA) is 30.7 Å². The van der Waals surface area contributed by atoms with Crippen molar-refractivity contribution in [3.63, 3.8) is 0 Å². The summed E-state index contributed by atoms with van der Waals surface area (Å²) in [5.74, 6) is 1.94. The van der Waals surface area contributed by atoms with E-state index in [1.807, 2.05) is 38.2 Å². The highest BCUT2D eigenvalue weighted by atomic mass is 32.2. The van der Waals surface area contributed by atoms with Gasteiger partial charge in [0.1, 0.15) is 5.82 Å². The molecule has 2 aromatic rings. The second-order valence-electron chi connectivity index (χ2n) is 4.00. The average molecular weight is 259 g/mol. The maximum absolute atomic E-state index is 4.26. The van der Waals surface area contributed by atoms with Gasteiger partial charge in [0.2, 0.25) is 0 Å². The van der Waals surface area contributed by atoms with Crippen LogP contribution < -0.4 is 0 Å². The maximum Gasteiger partial charge on any atom is 0.191 e. The van der Waals surface area contributed by atoms with Crippen LogP contribution in [0.25, 0.3) is 0 Å². The van der Waals surface area contributed by atoms with Crippen molar-refractivity contribution < 1.29 is 0 Å². The molecule has 4 heteroatoms. The maximum atomic E-state index is 4.26. The van der Waals surface area contributed by atoms with Gasteiger partial charge >= 0.3 is 0 Å². The highest BCUT2D eigenvalue weighted by molar-refractivity contribution is 7.99. The van der Waals surface area contributed by atoms with Crippen LogP contribution in [0.15, 0.2) is 47.6 Å². The SMILES string of the molecule is C/C=C/CSc1nnc(Cc2ccccc2)n1C. The summed E-state index contributed by atoms with van der Waals surface area (Å²) in [6.45, 7) is 2.03. The number of aromatic nitrogens is 3. The molecular formula is C14H17N3S. The number of allylic oxidation sites excluding steroid dienone is 1. The molecule has 2 rings (SSSR count). The van der Waals surface area contributed by atoms with Crippen molar-refractivity contribution in [3.8, 4) is 0 Å². The van der Waals surface area contributed by atoms with Crippen molar-refractivity contribution in [2.45, 2.75) is 18.5 Å². The van der Waals surface area contributed by atoms with E-state index in [2.05, 4.69) is 33.0 Å². The lowest BCUT2D eigenvalue weighted by atomic mass is 10.1. The Labute approximate surface area is 112 Å². The zero-order chi connectivity index (χ0) is 12.8. The summed E-state index contributed by atoms with van der Waals surface area (Å²) >= 11 is 1.71. The first-order chi connectivity index (χ1) is 8.81. The molecule has 3 nitrogen and oxygen atoms in total. The number of benzene rings is 1. The molecule has 0 atom stereocenters. The molecule has 0 aliphatic heterocycles. The molecule has 0 saturated heterocycles. The molecule has 1 aromatic heterocycles. The Kier molecular flexibility index (Phi) is 4.59. The average Bonchev–Trinajstić information content (AvgIpc) is 2.73. The third kappa shape index (κ3) is 3.23. The van der Waals surface area contributed by atoms with Gasteiger partial charge in [-0.15, -0.1) is 10.2 Å². The van der Waals surface area contributed by atoms with E-state index in [-0.39, 0.29) is 0 Å². The molecule has 0 saturated carbocycles. The lowest BCUT2D eigenvalue weighted by molar-refractivity contribution is 0.749. The predicted octanol–water partition coefficient (Wildman–Crippen LogP) is 3.07. The normalized spacial score (nSPS) is 11.2. The quantitative estimate of drug-likeness (QED) is 0.610. The van der Waals surface area contributed by atoms with Crippen molar-refractivity contribution in [1.82, 2.24) is 14.8 Å². The third-order valence-corrected chi connectivity index (χ3v) is 3.65. The van der Waals surface area contributed by atoms with Crippen LogP contribution in [0.5, 0.6) is 0 Å². The summed E-state index contributed by atoms with van der Waals surface area (Å²) in [5, 5.41) is 9.45. The van der Waals surface area contributed by atoms with Crippen LogP contribution in [0.3, 0.4) is 0 Å². The van der Waals surface area contributed by atoms with Crippen LogP contribution in [0.1, 0.15) is 18.3 Å². The van der Waals surface area contributed by atoms with E-state index in [1.54, 1.807) is 11.8 Å². The lowest BCUT2D eigenvalue weighted by Crippen LogP contribution is -2.00. The van der Waals surface area contributed by atoms with Gasteiger partial charge in [-0.05, 0) is 12.5 Å². The van der Waals surface area contributed by atoms with E-state index in [4.69, 9.17) is 0 Å². The molecule has 0 spiro atoms. The molecule has 1 heterocycles. The van der Waals surface area contributed by atoms with Crippen molar-refractivity contribution in [3.05, 3.63) is 53.9 Å². The molecular weight excluding hydrogens is 242 g/mol. The van der Waals surface area contributed by atoms with E-state index in [0.29, 0.717) is 0 Å². The highest BCUT2D eigenvalue weighted by Gasteiger charge is 2.08. The molecule has 0 aliphatic rings. The van der Waals surface area contributed by atoms with Gasteiger partial charge in [0.15, 0.2) is 5.16 Å². The smallest absolute Gasteiger partial charge is 0.191 e. The van der Waals surface area contributed by atoms with Gasteiger partial charge < -0.3 is 4.57 Å². The van der Waals surface area contributed by atoms with E-state index < -0.39 is 0 Å². The molecule has 0 amide bonds. The van der Waals surface area contributed by atoms with Gasteiger partial charge in [0.25, 0.3) is 0 Å². The van der Waals surface area contributed by atoms with Crippen molar-refractivity contribution in [2.75, 3.05) is 5.75 Å². The van der Waals surface area contributed by atoms with Gasteiger partial charge in [0, 0.05) is 19.2 Å². The number of nitrogens with zero attached hydrogens (tertiary/aromatic N) is 3. The van der Waals surface area contributed by atoms with E-state index in [0.717, 1.165) is 23.2 Å². The fraction of sp³-hybridized carbons (Fsp3) is 0.286. The fourth-order valence-electron chi connectivity index (χ4n) is 1.62. The first-order valence-corrected chi connectivity index (χ1v) is 6.96. The van der Waals surface area contributed by atoms with Crippen LogP contribution in [-0.4, -0.2) is 20.5 Å². The molecule has 0 unspecified atom stereocenters. The molecule has 94 valence electrons. The van der Waals surface area contributed by atoms with Gasteiger partial charge in [-0.1, -0.05) is 54.2 Å². The highest BCUT2D eigenvalue weighted by Crippen LogP contribution is 2.17. The monoisotopic (exact) mass is 259 g/mol. The van der Waals surface area contributed by atoms with Crippen LogP contribution >= 0.6 is 11.8 Å². The standard InChI is InChI=1S/C14H17N3S/c1-3-4-10-18-14-16-15-13(17(14)2)11-12-8-6-5-7-9-12/h3-9H,10-11H2,1-2H3/b4-3+. The van der Waals surface area contributed by atoms with E-state index in [1.165, 1.54) is 5.56 Å². The molecule has 18 heavy (non-hydrogen) atoms. The summed E-state index contributed by atoms with van der Waals surface area (Å²) in [5.41, 5.74) is 1.26. The Bertz CT molecular complexity index is 517. The first-order valence-electron chi connectivity index (χ1n) is 5.97. The van der Waals surface area contributed by atoms with E-state index >= 15 is 0 Å². The summed E-state index contributed by atoms with van der Waals surface area (Å²) in [7, 11) is 2.02. The zero-order valence-electron chi connectivity index (χ0n) is 10.7.